The van der Waals surface area contributed by atoms with Crippen LogP contribution in [-0.2, 0) is 0 Å². The number of anilines is 1. The molecule has 0 bridgehead atoms. The van der Waals surface area contributed by atoms with Gasteiger partial charge in [0.15, 0.2) is 5.11 Å². The largest absolute Gasteiger partial charge is 0.497 e. The molecule has 0 saturated carbocycles. The standard InChI is InChI=1S/C23H22N2O4S/c1-27-19-11-7-8-17(16-19)24-23(30)25-22(26)20-12-5-6-13-21(20)29-15-14-28-18-9-3-2-4-10-18/h2-13,16H,14-15H2,1H3,(H2,24,25,26,30). The van der Waals surface area contributed by atoms with Crippen LogP contribution in [0.2, 0.25) is 0 Å². The van der Waals surface area contributed by atoms with E-state index in [1.807, 2.05) is 48.5 Å². The van der Waals surface area contributed by atoms with E-state index in [0.717, 1.165) is 5.75 Å². The third kappa shape index (κ3) is 6.22. The third-order valence-electron chi connectivity index (χ3n) is 4.04. The zero-order valence-corrected chi connectivity index (χ0v) is 17.3. The minimum Gasteiger partial charge on any atom is -0.497 e. The molecule has 0 spiro atoms. The molecule has 0 radical (unpaired) electrons. The van der Waals surface area contributed by atoms with E-state index in [4.69, 9.17) is 26.4 Å². The van der Waals surface area contributed by atoms with Crippen molar-refractivity contribution >= 4 is 28.9 Å². The van der Waals surface area contributed by atoms with Crippen molar-refractivity contribution in [1.29, 1.82) is 0 Å². The highest BCUT2D eigenvalue weighted by molar-refractivity contribution is 7.80. The van der Waals surface area contributed by atoms with E-state index in [0.29, 0.717) is 36.0 Å². The smallest absolute Gasteiger partial charge is 0.261 e. The van der Waals surface area contributed by atoms with E-state index < -0.39 is 0 Å². The van der Waals surface area contributed by atoms with Crippen molar-refractivity contribution < 1.29 is 19.0 Å². The molecule has 0 aliphatic carbocycles. The van der Waals surface area contributed by atoms with Crippen molar-refractivity contribution in [3.63, 3.8) is 0 Å². The van der Waals surface area contributed by atoms with Gasteiger partial charge < -0.3 is 19.5 Å². The average Bonchev–Trinajstić information content (AvgIpc) is 2.77. The first kappa shape index (κ1) is 21.1. The zero-order chi connectivity index (χ0) is 21.2. The minimum absolute atomic E-state index is 0.176. The first-order chi connectivity index (χ1) is 14.7. The van der Waals surface area contributed by atoms with Gasteiger partial charge in [-0.2, -0.15) is 0 Å². The lowest BCUT2D eigenvalue weighted by atomic mass is 10.2. The first-order valence-electron chi connectivity index (χ1n) is 9.32. The number of para-hydroxylation sites is 2. The highest BCUT2D eigenvalue weighted by Crippen LogP contribution is 2.19. The molecule has 6 nitrogen and oxygen atoms in total. The monoisotopic (exact) mass is 422 g/mol. The Bertz CT molecular complexity index is 995. The molecule has 0 atom stereocenters. The van der Waals surface area contributed by atoms with Crippen LogP contribution in [0.1, 0.15) is 10.4 Å². The van der Waals surface area contributed by atoms with Gasteiger partial charge in [0, 0.05) is 11.8 Å². The van der Waals surface area contributed by atoms with Gasteiger partial charge in [0.25, 0.3) is 5.91 Å². The van der Waals surface area contributed by atoms with E-state index in [-0.39, 0.29) is 11.0 Å². The summed E-state index contributed by atoms with van der Waals surface area (Å²) in [7, 11) is 1.58. The second-order valence-corrected chi connectivity index (χ2v) is 6.55. The number of benzene rings is 3. The fourth-order valence-electron chi connectivity index (χ4n) is 2.64. The molecule has 3 aromatic carbocycles. The van der Waals surface area contributed by atoms with Crippen LogP contribution in [0, 0.1) is 0 Å². The SMILES string of the molecule is COc1cccc(NC(=S)NC(=O)c2ccccc2OCCOc2ccccc2)c1. The second kappa shape index (κ2) is 10.8. The van der Waals surface area contributed by atoms with Crippen LogP contribution in [0.15, 0.2) is 78.9 Å². The van der Waals surface area contributed by atoms with Crippen molar-refractivity contribution in [2.45, 2.75) is 0 Å². The summed E-state index contributed by atoms with van der Waals surface area (Å²) < 4.78 is 16.5. The lowest BCUT2D eigenvalue weighted by molar-refractivity contribution is 0.0972. The molecule has 7 heteroatoms. The summed E-state index contributed by atoms with van der Waals surface area (Å²) in [6, 6.07) is 23.7. The zero-order valence-electron chi connectivity index (χ0n) is 16.5. The number of nitrogens with one attached hydrogen (secondary N) is 2. The Kier molecular flexibility index (Phi) is 7.63. The van der Waals surface area contributed by atoms with E-state index in [1.54, 1.807) is 37.4 Å². The third-order valence-corrected chi connectivity index (χ3v) is 4.24. The van der Waals surface area contributed by atoms with Crippen molar-refractivity contribution in [1.82, 2.24) is 5.32 Å². The van der Waals surface area contributed by atoms with E-state index >= 15 is 0 Å². The maximum Gasteiger partial charge on any atom is 0.261 e. The molecule has 0 heterocycles. The van der Waals surface area contributed by atoms with Gasteiger partial charge in [0.1, 0.15) is 30.5 Å². The molecule has 0 aliphatic rings. The maximum atomic E-state index is 12.7. The molecule has 0 unspecified atom stereocenters. The average molecular weight is 423 g/mol. The summed E-state index contributed by atoms with van der Waals surface area (Å²) >= 11 is 5.25. The van der Waals surface area contributed by atoms with Crippen LogP contribution >= 0.6 is 12.2 Å². The fraction of sp³-hybridized carbons (Fsp3) is 0.130. The van der Waals surface area contributed by atoms with Gasteiger partial charge in [0.05, 0.1) is 12.7 Å². The highest BCUT2D eigenvalue weighted by atomic mass is 32.1. The van der Waals surface area contributed by atoms with Gasteiger partial charge in [-0.1, -0.05) is 36.4 Å². The van der Waals surface area contributed by atoms with Gasteiger partial charge in [-0.3, -0.25) is 10.1 Å². The Hall–Kier alpha value is -3.58. The molecule has 3 rings (SSSR count). The van der Waals surface area contributed by atoms with Crippen LogP contribution in [-0.4, -0.2) is 31.3 Å². The number of hydrogen-bond donors (Lipinski definition) is 2. The molecular weight excluding hydrogens is 400 g/mol. The minimum atomic E-state index is -0.366. The molecule has 0 fully saturated rings. The summed E-state index contributed by atoms with van der Waals surface area (Å²) in [6.45, 7) is 0.654. The van der Waals surface area contributed by atoms with Crippen molar-refractivity contribution in [2.75, 3.05) is 25.6 Å². The van der Waals surface area contributed by atoms with Crippen LogP contribution in [0.3, 0.4) is 0 Å². The van der Waals surface area contributed by atoms with E-state index in [1.165, 1.54) is 0 Å². The van der Waals surface area contributed by atoms with Crippen LogP contribution in [0.25, 0.3) is 0 Å². The molecule has 0 aliphatic heterocycles. The topological polar surface area (TPSA) is 68.8 Å². The summed E-state index contributed by atoms with van der Waals surface area (Å²) in [6.07, 6.45) is 0. The summed E-state index contributed by atoms with van der Waals surface area (Å²) in [4.78, 5) is 12.7. The number of carbonyl (C=O) groups is 1. The summed E-state index contributed by atoms with van der Waals surface area (Å²) in [5.41, 5.74) is 1.09. The number of ether oxygens (including phenoxy) is 3. The molecular formula is C23H22N2O4S. The predicted octanol–water partition coefficient (Wildman–Crippen LogP) is 4.28. The molecule has 3 aromatic rings. The van der Waals surface area contributed by atoms with Gasteiger partial charge in [-0.15, -0.1) is 0 Å². The first-order valence-corrected chi connectivity index (χ1v) is 9.72. The lowest BCUT2D eigenvalue weighted by Crippen LogP contribution is -2.34. The molecule has 0 saturated heterocycles. The summed E-state index contributed by atoms with van der Waals surface area (Å²) in [5, 5.41) is 5.81. The Morgan fingerprint density at radius 2 is 1.57 bits per heavy atom. The van der Waals surface area contributed by atoms with E-state index in [2.05, 4.69) is 10.6 Å². The van der Waals surface area contributed by atoms with Gasteiger partial charge in [0.2, 0.25) is 0 Å². The van der Waals surface area contributed by atoms with Gasteiger partial charge >= 0.3 is 0 Å². The van der Waals surface area contributed by atoms with Gasteiger partial charge in [-0.25, -0.2) is 0 Å². The maximum absolute atomic E-state index is 12.7. The number of methoxy groups -OCH3 is 1. The predicted molar refractivity (Wildman–Crippen MR) is 121 cm³/mol. The van der Waals surface area contributed by atoms with Crippen molar-refractivity contribution in [3.05, 3.63) is 84.4 Å². The number of carbonyl (C=O) groups excluding carboxylic acids is 1. The number of hydrogen-bond acceptors (Lipinski definition) is 5. The summed E-state index contributed by atoms with van der Waals surface area (Å²) in [5.74, 6) is 1.54. The molecule has 154 valence electrons. The number of rotatable bonds is 8. The van der Waals surface area contributed by atoms with E-state index in [9.17, 15) is 4.79 Å². The molecule has 30 heavy (non-hydrogen) atoms. The Morgan fingerprint density at radius 1 is 0.867 bits per heavy atom. The normalized spacial score (nSPS) is 10.0. The molecule has 2 N–H and O–H groups in total. The van der Waals surface area contributed by atoms with Crippen LogP contribution in [0.5, 0.6) is 17.2 Å². The second-order valence-electron chi connectivity index (χ2n) is 6.15. The quantitative estimate of drug-likeness (QED) is 0.417. The Morgan fingerprint density at radius 3 is 2.37 bits per heavy atom. The lowest BCUT2D eigenvalue weighted by Gasteiger charge is -2.13. The Labute approximate surface area is 180 Å². The number of thiocarbonyl (C=S) groups is 1. The van der Waals surface area contributed by atoms with Crippen LogP contribution < -0.4 is 24.8 Å². The fourth-order valence-corrected chi connectivity index (χ4v) is 2.85. The highest BCUT2D eigenvalue weighted by Gasteiger charge is 2.14. The van der Waals surface area contributed by atoms with Crippen LogP contribution in [0.4, 0.5) is 5.69 Å². The molecule has 1 amide bonds. The Balaban J connectivity index is 1.54. The van der Waals surface area contributed by atoms with Gasteiger partial charge in [-0.05, 0) is 48.6 Å². The molecule has 0 aromatic heterocycles. The van der Waals surface area contributed by atoms with Crippen molar-refractivity contribution in [2.24, 2.45) is 0 Å². The van der Waals surface area contributed by atoms with Crippen molar-refractivity contribution in [3.8, 4) is 17.2 Å². The number of amides is 1.